The Morgan fingerprint density at radius 3 is 2.50 bits per heavy atom. The molecule has 0 spiro atoms. The largest absolute Gasteiger partial charge is 0.330 e. The number of benzene rings is 2. The van der Waals surface area contributed by atoms with Crippen LogP contribution in [0.1, 0.15) is 34.9 Å². The molecule has 1 aliphatic rings. The van der Waals surface area contributed by atoms with Gasteiger partial charge in [0, 0.05) is 29.3 Å². The number of rotatable bonds is 4. The molecule has 8 heteroatoms. The maximum atomic E-state index is 13.0. The van der Waals surface area contributed by atoms with Gasteiger partial charge >= 0.3 is 0 Å². The predicted octanol–water partition coefficient (Wildman–Crippen LogP) is 4.52. The molecule has 0 saturated carbocycles. The number of nitro benzene ring substituents is 1. The summed E-state index contributed by atoms with van der Waals surface area (Å²) in [6.45, 7) is 0.698. The fraction of sp³-hybridized carbons (Fsp3) is 0.200. The molecule has 28 heavy (non-hydrogen) atoms. The summed E-state index contributed by atoms with van der Waals surface area (Å²) in [7, 11) is 0. The average Bonchev–Trinajstić information content (AvgIpc) is 3.38. The Labute approximate surface area is 169 Å². The number of carbonyl (C=O) groups is 1. The van der Waals surface area contributed by atoms with Gasteiger partial charge in [-0.2, -0.15) is 5.10 Å². The van der Waals surface area contributed by atoms with E-state index in [1.165, 1.54) is 12.1 Å². The molecular weight excluding hydrogens is 424 g/mol. The van der Waals surface area contributed by atoms with Crippen LogP contribution in [-0.2, 0) is 0 Å². The summed E-state index contributed by atoms with van der Waals surface area (Å²) >= 11 is 3.44. The van der Waals surface area contributed by atoms with E-state index in [1.807, 2.05) is 29.2 Å². The summed E-state index contributed by atoms with van der Waals surface area (Å²) in [5, 5.41) is 15.2. The second-order valence-corrected chi connectivity index (χ2v) is 7.54. The van der Waals surface area contributed by atoms with Crippen molar-refractivity contribution in [2.45, 2.75) is 18.9 Å². The van der Waals surface area contributed by atoms with Gasteiger partial charge in [0.2, 0.25) is 0 Å². The minimum absolute atomic E-state index is 0.0154. The molecular formula is C20H17BrN4O3. The highest BCUT2D eigenvalue weighted by atomic mass is 79.9. The fourth-order valence-corrected chi connectivity index (χ4v) is 3.76. The van der Waals surface area contributed by atoms with Crippen LogP contribution in [0.2, 0.25) is 0 Å². The lowest BCUT2D eigenvalue weighted by Crippen LogP contribution is -2.31. The van der Waals surface area contributed by atoms with Gasteiger partial charge in [-0.3, -0.25) is 14.9 Å². The SMILES string of the molecule is O=C(c1ccn(-c2ccc([N+](=O)[O-])cc2)n1)N1CCCC1c1ccc(Br)cc1. The van der Waals surface area contributed by atoms with Crippen molar-refractivity contribution in [3.63, 3.8) is 0 Å². The third kappa shape index (κ3) is 3.55. The van der Waals surface area contributed by atoms with Gasteiger partial charge in [-0.25, -0.2) is 4.68 Å². The number of hydrogen-bond donors (Lipinski definition) is 0. The van der Waals surface area contributed by atoms with Gasteiger partial charge in [0.15, 0.2) is 5.69 Å². The van der Waals surface area contributed by atoms with Crippen molar-refractivity contribution < 1.29 is 9.72 Å². The molecule has 1 amide bonds. The Kier molecular flexibility index (Phi) is 4.95. The van der Waals surface area contributed by atoms with Gasteiger partial charge in [-0.1, -0.05) is 28.1 Å². The van der Waals surface area contributed by atoms with Crippen molar-refractivity contribution >= 4 is 27.5 Å². The molecule has 1 aliphatic heterocycles. The summed E-state index contributed by atoms with van der Waals surface area (Å²) in [6, 6.07) is 15.8. The van der Waals surface area contributed by atoms with Gasteiger partial charge < -0.3 is 4.90 Å². The first-order chi connectivity index (χ1) is 13.5. The molecule has 1 fully saturated rings. The third-order valence-corrected chi connectivity index (χ3v) is 5.43. The van der Waals surface area contributed by atoms with E-state index in [1.54, 1.807) is 29.1 Å². The quantitative estimate of drug-likeness (QED) is 0.441. The number of nitrogens with zero attached hydrogens (tertiary/aromatic N) is 4. The minimum atomic E-state index is -0.447. The number of non-ortho nitro benzene ring substituents is 1. The van der Waals surface area contributed by atoms with Crippen LogP contribution in [-0.4, -0.2) is 32.1 Å². The molecule has 0 radical (unpaired) electrons. The summed E-state index contributed by atoms with van der Waals surface area (Å²) in [6.07, 6.45) is 3.57. The predicted molar refractivity (Wildman–Crippen MR) is 107 cm³/mol. The molecule has 2 heterocycles. The molecule has 1 aromatic heterocycles. The van der Waals surface area contributed by atoms with E-state index in [2.05, 4.69) is 21.0 Å². The second-order valence-electron chi connectivity index (χ2n) is 6.63. The maximum absolute atomic E-state index is 13.0. The van der Waals surface area contributed by atoms with Crippen LogP contribution in [0.15, 0.2) is 65.3 Å². The molecule has 4 rings (SSSR count). The number of amides is 1. The first kappa shape index (κ1) is 18.4. The van der Waals surface area contributed by atoms with Crippen molar-refractivity contribution in [2.24, 2.45) is 0 Å². The Hall–Kier alpha value is -3.00. The van der Waals surface area contributed by atoms with Crippen LogP contribution in [0, 0.1) is 10.1 Å². The lowest BCUT2D eigenvalue weighted by atomic mass is 10.0. The molecule has 142 valence electrons. The van der Waals surface area contributed by atoms with Crippen molar-refractivity contribution in [1.82, 2.24) is 14.7 Å². The lowest BCUT2D eigenvalue weighted by Gasteiger charge is -2.24. The van der Waals surface area contributed by atoms with Gasteiger partial charge in [-0.15, -0.1) is 0 Å². The first-order valence-electron chi connectivity index (χ1n) is 8.90. The summed E-state index contributed by atoms with van der Waals surface area (Å²) < 4.78 is 2.57. The zero-order chi connectivity index (χ0) is 19.7. The molecule has 1 saturated heterocycles. The first-order valence-corrected chi connectivity index (χ1v) is 9.69. The molecule has 0 N–H and O–H groups in total. The molecule has 2 aromatic carbocycles. The summed E-state index contributed by atoms with van der Waals surface area (Å²) in [5.41, 5.74) is 2.16. The molecule has 3 aromatic rings. The maximum Gasteiger partial charge on any atom is 0.274 e. The average molecular weight is 441 g/mol. The number of aromatic nitrogens is 2. The number of likely N-dealkylation sites (tertiary alicyclic amines) is 1. The van der Waals surface area contributed by atoms with Crippen molar-refractivity contribution in [1.29, 1.82) is 0 Å². The number of halogens is 1. The van der Waals surface area contributed by atoms with E-state index in [9.17, 15) is 14.9 Å². The highest BCUT2D eigenvalue weighted by Gasteiger charge is 2.31. The van der Waals surface area contributed by atoms with Crippen LogP contribution >= 0.6 is 15.9 Å². The standard InChI is InChI=1S/C20H17BrN4O3/c21-15-5-3-14(4-6-15)19-2-1-12-23(19)20(26)18-11-13-24(22-18)16-7-9-17(10-8-16)25(27)28/h3-11,13,19H,1-2,12H2. The molecule has 0 aliphatic carbocycles. The highest BCUT2D eigenvalue weighted by molar-refractivity contribution is 9.10. The molecule has 1 atom stereocenters. The summed E-state index contributed by atoms with van der Waals surface area (Å²) in [4.78, 5) is 25.2. The van der Waals surface area contributed by atoms with Crippen LogP contribution in [0.3, 0.4) is 0 Å². The van der Waals surface area contributed by atoms with Crippen molar-refractivity contribution in [3.05, 3.63) is 86.6 Å². The monoisotopic (exact) mass is 440 g/mol. The van der Waals surface area contributed by atoms with E-state index in [0.29, 0.717) is 17.9 Å². The zero-order valence-electron chi connectivity index (χ0n) is 14.9. The summed E-state index contributed by atoms with van der Waals surface area (Å²) in [5.74, 6) is -0.105. The lowest BCUT2D eigenvalue weighted by molar-refractivity contribution is -0.384. The van der Waals surface area contributed by atoms with E-state index in [-0.39, 0.29) is 17.6 Å². The molecule has 1 unspecified atom stereocenters. The van der Waals surface area contributed by atoms with Gasteiger partial charge in [0.1, 0.15) is 0 Å². The number of carbonyl (C=O) groups excluding carboxylic acids is 1. The van der Waals surface area contributed by atoms with E-state index in [4.69, 9.17) is 0 Å². The Morgan fingerprint density at radius 2 is 1.82 bits per heavy atom. The van der Waals surface area contributed by atoms with Crippen molar-refractivity contribution in [3.8, 4) is 5.69 Å². The van der Waals surface area contributed by atoms with E-state index >= 15 is 0 Å². The Balaban J connectivity index is 1.55. The fourth-order valence-electron chi connectivity index (χ4n) is 3.50. The number of nitro groups is 1. The van der Waals surface area contributed by atoms with E-state index < -0.39 is 4.92 Å². The van der Waals surface area contributed by atoms with Gasteiger partial charge in [0.05, 0.1) is 16.7 Å². The molecule has 0 bridgehead atoms. The molecule has 7 nitrogen and oxygen atoms in total. The smallest absolute Gasteiger partial charge is 0.274 e. The topological polar surface area (TPSA) is 81.3 Å². The van der Waals surface area contributed by atoms with Crippen LogP contribution < -0.4 is 0 Å². The second kappa shape index (κ2) is 7.55. The third-order valence-electron chi connectivity index (χ3n) is 4.90. The van der Waals surface area contributed by atoms with Gasteiger partial charge in [0.25, 0.3) is 11.6 Å². The highest BCUT2D eigenvalue weighted by Crippen LogP contribution is 2.33. The normalized spacial score (nSPS) is 16.3. The zero-order valence-corrected chi connectivity index (χ0v) is 16.4. The number of hydrogen-bond acceptors (Lipinski definition) is 4. The minimum Gasteiger partial charge on any atom is -0.330 e. The van der Waals surface area contributed by atoms with Crippen LogP contribution in [0.4, 0.5) is 5.69 Å². The van der Waals surface area contributed by atoms with Crippen LogP contribution in [0.25, 0.3) is 5.69 Å². The van der Waals surface area contributed by atoms with Gasteiger partial charge in [-0.05, 0) is 48.7 Å². The Bertz CT molecular complexity index is 1010. The Morgan fingerprint density at radius 1 is 1.11 bits per heavy atom. The van der Waals surface area contributed by atoms with Crippen molar-refractivity contribution in [2.75, 3.05) is 6.54 Å². The van der Waals surface area contributed by atoms with Crippen LogP contribution in [0.5, 0.6) is 0 Å². The van der Waals surface area contributed by atoms with E-state index in [0.717, 1.165) is 22.9 Å².